The van der Waals surface area contributed by atoms with Crippen molar-refractivity contribution in [3.8, 4) is 17.0 Å². The van der Waals surface area contributed by atoms with Crippen molar-refractivity contribution in [2.75, 3.05) is 12.4 Å². The number of hydrogen-bond acceptors (Lipinski definition) is 6. The highest BCUT2D eigenvalue weighted by atomic mass is 32.1. The van der Waals surface area contributed by atoms with Gasteiger partial charge in [0.2, 0.25) is 0 Å². The number of aromatic nitrogens is 1. The Bertz CT molecular complexity index is 1040. The largest absolute Gasteiger partial charge is 0.497 e. The van der Waals surface area contributed by atoms with Crippen molar-refractivity contribution in [3.05, 3.63) is 70.1 Å². The van der Waals surface area contributed by atoms with Gasteiger partial charge in [-0.3, -0.25) is 10.0 Å². The maximum atomic E-state index is 11.1. The molecule has 0 fully saturated rings. The van der Waals surface area contributed by atoms with Crippen LogP contribution in [0, 0.1) is 0 Å². The lowest BCUT2D eigenvalue weighted by molar-refractivity contribution is -0.124. The second-order valence-electron chi connectivity index (χ2n) is 6.40. The van der Waals surface area contributed by atoms with Crippen molar-refractivity contribution in [2.45, 2.75) is 13.0 Å². The fourth-order valence-electron chi connectivity index (χ4n) is 3.16. The lowest BCUT2D eigenvalue weighted by Gasteiger charge is -2.05. The zero-order valence-corrected chi connectivity index (χ0v) is 16.0. The highest BCUT2D eigenvalue weighted by Crippen LogP contribution is 2.41. The van der Waals surface area contributed by atoms with Gasteiger partial charge in [-0.1, -0.05) is 30.3 Å². The number of nitrogens with zero attached hydrogens (tertiary/aromatic N) is 1. The van der Waals surface area contributed by atoms with Gasteiger partial charge in [0, 0.05) is 29.5 Å². The monoisotopic (exact) mass is 393 g/mol. The molecule has 6 nitrogen and oxygen atoms in total. The summed E-state index contributed by atoms with van der Waals surface area (Å²) in [5, 5.41) is 12.9. The van der Waals surface area contributed by atoms with Crippen LogP contribution in [-0.2, 0) is 17.8 Å². The molecular weight excluding hydrogens is 374 g/mol. The topological polar surface area (TPSA) is 83.5 Å². The molecule has 0 aliphatic heterocycles. The van der Waals surface area contributed by atoms with E-state index in [9.17, 15) is 4.79 Å². The molecule has 3 N–H and O–H groups in total. The summed E-state index contributed by atoms with van der Waals surface area (Å²) in [5.74, 6) is 0.300. The van der Waals surface area contributed by atoms with Crippen molar-refractivity contribution in [1.29, 1.82) is 0 Å². The van der Waals surface area contributed by atoms with Gasteiger partial charge in [-0.05, 0) is 34.9 Å². The molecule has 7 heteroatoms. The third-order valence-corrected chi connectivity index (χ3v) is 5.59. The number of hydrogen-bond donors (Lipinski definition) is 3. The van der Waals surface area contributed by atoms with Gasteiger partial charge in [0.1, 0.15) is 5.75 Å². The maximum absolute atomic E-state index is 11.1. The molecule has 1 aliphatic carbocycles. The molecule has 0 bridgehead atoms. The van der Waals surface area contributed by atoms with Crippen molar-refractivity contribution in [3.63, 3.8) is 0 Å². The number of rotatable bonds is 6. The first-order valence-electron chi connectivity index (χ1n) is 8.78. The highest BCUT2D eigenvalue weighted by Gasteiger charge is 2.23. The Morgan fingerprint density at radius 2 is 2.11 bits per heavy atom. The molecule has 0 saturated carbocycles. The summed E-state index contributed by atoms with van der Waals surface area (Å²) in [6.45, 7) is 0.708. The van der Waals surface area contributed by atoms with E-state index in [1.165, 1.54) is 22.1 Å². The Morgan fingerprint density at radius 1 is 1.29 bits per heavy atom. The van der Waals surface area contributed by atoms with E-state index in [2.05, 4.69) is 11.4 Å². The normalized spacial score (nSPS) is 11.9. The van der Waals surface area contributed by atoms with Crippen molar-refractivity contribution in [1.82, 2.24) is 10.5 Å². The second kappa shape index (κ2) is 7.84. The van der Waals surface area contributed by atoms with Crippen LogP contribution in [-0.4, -0.2) is 23.2 Å². The molecule has 0 unspecified atom stereocenters. The molecule has 142 valence electrons. The standard InChI is InChI=1S/C21H19N3O3S/c1-27-16-6-2-14(3-7-16)12-22-21-23-20-17-8-4-13(5-9-19(25)24-26)10-15(17)11-18(20)28-21/h2-10,26H,11-12H2,1H3,(H,22,23)(H,24,25)/b9-5+. The van der Waals surface area contributed by atoms with Gasteiger partial charge >= 0.3 is 0 Å². The summed E-state index contributed by atoms with van der Waals surface area (Å²) in [6, 6.07) is 14.0. The summed E-state index contributed by atoms with van der Waals surface area (Å²) in [5.41, 5.74) is 7.02. The maximum Gasteiger partial charge on any atom is 0.267 e. The van der Waals surface area contributed by atoms with E-state index in [1.807, 2.05) is 36.4 Å². The molecule has 1 aliphatic rings. The minimum Gasteiger partial charge on any atom is -0.497 e. The average Bonchev–Trinajstić information content (AvgIpc) is 3.27. The third kappa shape index (κ3) is 3.76. The number of benzene rings is 2. The Morgan fingerprint density at radius 3 is 2.86 bits per heavy atom. The van der Waals surface area contributed by atoms with E-state index in [0.29, 0.717) is 6.54 Å². The summed E-state index contributed by atoms with van der Waals surface area (Å²) >= 11 is 1.67. The number of nitrogens with one attached hydrogen (secondary N) is 2. The van der Waals surface area contributed by atoms with Crippen LogP contribution in [0.3, 0.4) is 0 Å². The molecule has 1 amide bonds. The molecule has 2 aromatic carbocycles. The molecule has 0 atom stereocenters. The van der Waals surface area contributed by atoms with Crippen LogP contribution in [0.25, 0.3) is 17.3 Å². The Kier molecular flexibility index (Phi) is 5.10. The number of carbonyl (C=O) groups is 1. The van der Waals surface area contributed by atoms with E-state index in [-0.39, 0.29) is 0 Å². The minimum absolute atomic E-state index is 0.547. The molecule has 0 radical (unpaired) electrons. The number of ether oxygens (including phenoxy) is 1. The lowest BCUT2D eigenvalue weighted by atomic mass is 10.1. The summed E-state index contributed by atoms with van der Waals surface area (Å²) in [6.07, 6.45) is 3.81. The number of thiazole rings is 1. The Labute approximate surface area is 166 Å². The number of carbonyl (C=O) groups excluding carboxylic acids is 1. The fraction of sp³-hybridized carbons (Fsp3) is 0.143. The number of methoxy groups -OCH3 is 1. The number of fused-ring (bicyclic) bond motifs is 3. The summed E-state index contributed by atoms with van der Waals surface area (Å²) < 4.78 is 5.18. The van der Waals surface area contributed by atoms with E-state index in [1.54, 1.807) is 30.0 Å². The van der Waals surface area contributed by atoms with Gasteiger partial charge in [0.05, 0.1) is 12.8 Å². The van der Waals surface area contributed by atoms with Crippen LogP contribution in [0.1, 0.15) is 21.6 Å². The fourth-order valence-corrected chi connectivity index (χ4v) is 4.15. The number of amides is 1. The average molecular weight is 393 g/mol. The van der Waals surface area contributed by atoms with Gasteiger partial charge in [0.25, 0.3) is 5.91 Å². The van der Waals surface area contributed by atoms with E-state index < -0.39 is 5.91 Å². The Balaban J connectivity index is 1.45. The predicted octanol–water partition coefficient (Wildman–Crippen LogP) is 3.85. The second-order valence-corrected chi connectivity index (χ2v) is 7.48. The van der Waals surface area contributed by atoms with Crippen LogP contribution in [0.5, 0.6) is 5.75 Å². The van der Waals surface area contributed by atoms with Crippen molar-refractivity contribution >= 4 is 28.5 Å². The molecule has 0 spiro atoms. The van der Waals surface area contributed by atoms with E-state index in [0.717, 1.165) is 34.1 Å². The first-order valence-corrected chi connectivity index (χ1v) is 9.60. The van der Waals surface area contributed by atoms with Crippen LogP contribution in [0.15, 0.2) is 48.5 Å². The first-order chi connectivity index (χ1) is 13.7. The molecule has 3 aromatic rings. The lowest BCUT2D eigenvalue weighted by Crippen LogP contribution is -2.14. The van der Waals surface area contributed by atoms with Gasteiger partial charge in [-0.15, -0.1) is 11.3 Å². The van der Waals surface area contributed by atoms with Gasteiger partial charge < -0.3 is 10.1 Å². The SMILES string of the molecule is COc1ccc(CNc2nc3c(s2)Cc2cc(/C=C/C(=O)NO)ccc2-3)cc1. The zero-order valence-electron chi connectivity index (χ0n) is 15.2. The smallest absolute Gasteiger partial charge is 0.267 e. The Hall–Kier alpha value is -3.16. The van der Waals surface area contributed by atoms with E-state index in [4.69, 9.17) is 14.9 Å². The molecular formula is C21H19N3O3S. The van der Waals surface area contributed by atoms with Crippen LogP contribution < -0.4 is 15.5 Å². The van der Waals surface area contributed by atoms with Crippen LogP contribution >= 0.6 is 11.3 Å². The highest BCUT2D eigenvalue weighted by molar-refractivity contribution is 7.16. The van der Waals surface area contributed by atoms with Gasteiger partial charge in [-0.2, -0.15) is 0 Å². The summed E-state index contributed by atoms with van der Waals surface area (Å²) in [7, 11) is 1.66. The van der Waals surface area contributed by atoms with Crippen LogP contribution in [0.4, 0.5) is 5.13 Å². The third-order valence-electron chi connectivity index (χ3n) is 4.57. The molecule has 1 aromatic heterocycles. The predicted molar refractivity (Wildman–Crippen MR) is 110 cm³/mol. The van der Waals surface area contributed by atoms with Crippen LogP contribution in [0.2, 0.25) is 0 Å². The summed E-state index contributed by atoms with van der Waals surface area (Å²) in [4.78, 5) is 17.1. The van der Waals surface area contributed by atoms with Gasteiger partial charge in [-0.25, -0.2) is 10.5 Å². The zero-order chi connectivity index (χ0) is 19.5. The molecule has 28 heavy (non-hydrogen) atoms. The first kappa shape index (κ1) is 18.2. The quantitative estimate of drug-likeness (QED) is 0.263. The minimum atomic E-state index is -0.547. The molecule has 0 saturated heterocycles. The molecule has 4 rings (SSSR count). The number of hydroxylamine groups is 1. The molecule has 1 heterocycles. The van der Waals surface area contributed by atoms with Crippen molar-refractivity contribution < 1.29 is 14.7 Å². The van der Waals surface area contributed by atoms with Crippen molar-refractivity contribution in [2.24, 2.45) is 0 Å². The van der Waals surface area contributed by atoms with E-state index >= 15 is 0 Å². The number of anilines is 1. The van der Waals surface area contributed by atoms with Gasteiger partial charge in [0.15, 0.2) is 5.13 Å².